The third-order valence-electron chi connectivity index (χ3n) is 3.58. The zero-order valence-electron chi connectivity index (χ0n) is 11.7. The fraction of sp³-hybridized carbons (Fsp3) is 0.0667. The van der Waals surface area contributed by atoms with Crippen LogP contribution in [0.15, 0.2) is 35.6 Å². The maximum absolute atomic E-state index is 12.9. The van der Waals surface area contributed by atoms with Crippen molar-refractivity contribution in [2.45, 2.75) is 6.54 Å². The van der Waals surface area contributed by atoms with Gasteiger partial charge in [-0.3, -0.25) is 14.7 Å². The molecule has 3 heterocycles. The molecule has 0 atom stereocenters. The molecule has 0 saturated carbocycles. The third-order valence-corrected chi connectivity index (χ3v) is 4.96. The second kappa shape index (κ2) is 5.29. The van der Waals surface area contributed by atoms with Crippen molar-refractivity contribution in [3.63, 3.8) is 0 Å². The van der Waals surface area contributed by atoms with Crippen LogP contribution in [0, 0.1) is 0 Å². The maximum atomic E-state index is 12.9. The van der Waals surface area contributed by atoms with Crippen molar-refractivity contribution in [3.05, 3.63) is 46.1 Å². The predicted octanol–water partition coefficient (Wildman–Crippen LogP) is 3.12. The Labute approximate surface area is 140 Å². The summed E-state index contributed by atoms with van der Waals surface area (Å²) in [7, 11) is 0. The summed E-state index contributed by atoms with van der Waals surface area (Å²) in [5, 5.41) is 1.33. The largest absolute Gasteiger partial charge is 0.383 e. The molecule has 1 aliphatic rings. The van der Waals surface area contributed by atoms with Crippen LogP contribution < -0.4 is 10.6 Å². The quantitative estimate of drug-likeness (QED) is 0.735. The normalized spacial score (nSPS) is 14.1. The third kappa shape index (κ3) is 2.25. The van der Waals surface area contributed by atoms with E-state index in [1.165, 1.54) is 28.9 Å². The van der Waals surface area contributed by atoms with Gasteiger partial charge in [0.05, 0.1) is 24.0 Å². The lowest BCUT2D eigenvalue weighted by atomic mass is 10.1. The molecule has 0 saturated heterocycles. The summed E-state index contributed by atoms with van der Waals surface area (Å²) >= 11 is 7.22. The summed E-state index contributed by atoms with van der Waals surface area (Å²) in [6.07, 6.45) is 2.93. The average Bonchev–Trinajstić information content (AvgIpc) is 2.85. The molecule has 4 rings (SSSR count). The molecule has 2 aromatic heterocycles. The molecule has 3 aromatic rings. The first-order valence-electron chi connectivity index (χ1n) is 6.76. The number of aromatic nitrogens is 2. The SMILES string of the molecule is Nc1ncnc2sc3c(c12)CN=CN(c1ccc(Cl)cc1)C3=O. The molecule has 8 heteroatoms. The van der Waals surface area contributed by atoms with Crippen LogP contribution in [0.5, 0.6) is 0 Å². The molecule has 2 N–H and O–H groups in total. The van der Waals surface area contributed by atoms with Crippen molar-refractivity contribution in [3.8, 4) is 0 Å². The second-order valence-corrected chi connectivity index (χ2v) is 6.39. The van der Waals surface area contributed by atoms with Gasteiger partial charge in [0.15, 0.2) is 0 Å². The van der Waals surface area contributed by atoms with Crippen LogP contribution >= 0.6 is 22.9 Å². The summed E-state index contributed by atoms with van der Waals surface area (Å²) in [6, 6.07) is 7.02. The van der Waals surface area contributed by atoms with Crippen molar-refractivity contribution in [1.82, 2.24) is 9.97 Å². The summed E-state index contributed by atoms with van der Waals surface area (Å²) in [4.78, 5) is 28.3. The van der Waals surface area contributed by atoms with Gasteiger partial charge in [-0.1, -0.05) is 11.6 Å². The van der Waals surface area contributed by atoms with E-state index in [0.29, 0.717) is 32.8 Å². The first kappa shape index (κ1) is 14.1. The number of hydrogen-bond acceptors (Lipinski definition) is 6. The lowest BCUT2D eigenvalue weighted by Gasteiger charge is -2.15. The molecule has 0 fully saturated rings. The highest BCUT2D eigenvalue weighted by molar-refractivity contribution is 7.20. The van der Waals surface area contributed by atoms with Gasteiger partial charge >= 0.3 is 0 Å². The molecular formula is C15H10ClN5OS. The summed E-state index contributed by atoms with van der Waals surface area (Å²) in [5.74, 6) is 0.210. The maximum Gasteiger partial charge on any atom is 0.274 e. The zero-order chi connectivity index (χ0) is 16.0. The van der Waals surface area contributed by atoms with E-state index in [4.69, 9.17) is 17.3 Å². The van der Waals surface area contributed by atoms with Gasteiger partial charge in [-0.2, -0.15) is 0 Å². The van der Waals surface area contributed by atoms with E-state index in [9.17, 15) is 4.79 Å². The van der Waals surface area contributed by atoms with E-state index in [0.717, 1.165) is 10.9 Å². The Morgan fingerprint density at radius 3 is 2.78 bits per heavy atom. The van der Waals surface area contributed by atoms with Crippen LogP contribution in [-0.2, 0) is 6.54 Å². The van der Waals surface area contributed by atoms with E-state index in [2.05, 4.69) is 15.0 Å². The molecule has 0 radical (unpaired) electrons. The Kier molecular flexibility index (Phi) is 3.24. The molecule has 6 nitrogen and oxygen atoms in total. The fourth-order valence-electron chi connectivity index (χ4n) is 2.50. The highest BCUT2D eigenvalue weighted by Crippen LogP contribution is 2.35. The number of rotatable bonds is 1. The van der Waals surface area contributed by atoms with E-state index in [1.807, 2.05) is 0 Å². The number of aliphatic imine (C=N–C) groups is 1. The molecule has 114 valence electrons. The van der Waals surface area contributed by atoms with Crippen molar-refractivity contribution in [2.75, 3.05) is 10.6 Å². The lowest BCUT2D eigenvalue weighted by molar-refractivity contribution is 0.101. The van der Waals surface area contributed by atoms with Gasteiger partial charge < -0.3 is 5.73 Å². The molecule has 0 spiro atoms. The number of nitrogen functional groups attached to an aromatic ring is 1. The average molecular weight is 344 g/mol. The van der Waals surface area contributed by atoms with Crippen molar-refractivity contribution in [2.24, 2.45) is 4.99 Å². The van der Waals surface area contributed by atoms with E-state index in [1.54, 1.807) is 24.3 Å². The number of fused-ring (bicyclic) bond motifs is 3. The van der Waals surface area contributed by atoms with Gasteiger partial charge in [0.25, 0.3) is 5.91 Å². The van der Waals surface area contributed by atoms with E-state index >= 15 is 0 Å². The minimum Gasteiger partial charge on any atom is -0.383 e. The second-order valence-electron chi connectivity index (χ2n) is 4.96. The van der Waals surface area contributed by atoms with Crippen molar-refractivity contribution < 1.29 is 4.79 Å². The predicted molar refractivity (Wildman–Crippen MR) is 92.3 cm³/mol. The molecule has 0 unspecified atom stereocenters. The smallest absolute Gasteiger partial charge is 0.274 e. The number of thiophene rings is 1. The Morgan fingerprint density at radius 2 is 2.00 bits per heavy atom. The van der Waals surface area contributed by atoms with Gasteiger partial charge in [-0.15, -0.1) is 11.3 Å². The first-order chi connectivity index (χ1) is 11.1. The number of anilines is 2. The number of benzene rings is 1. The van der Waals surface area contributed by atoms with Crippen LogP contribution in [-0.4, -0.2) is 22.2 Å². The van der Waals surface area contributed by atoms with Gasteiger partial charge in [-0.25, -0.2) is 9.97 Å². The summed E-state index contributed by atoms with van der Waals surface area (Å²) < 4.78 is 0. The molecule has 1 aliphatic heterocycles. The van der Waals surface area contributed by atoms with Gasteiger partial charge in [-0.05, 0) is 24.3 Å². The number of nitrogens with zero attached hydrogens (tertiary/aromatic N) is 4. The van der Waals surface area contributed by atoms with Gasteiger partial charge in [0.1, 0.15) is 21.9 Å². The number of halogens is 1. The first-order valence-corrected chi connectivity index (χ1v) is 7.95. The van der Waals surface area contributed by atoms with Crippen LogP contribution in [0.2, 0.25) is 5.02 Å². The highest BCUT2D eigenvalue weighted by atomic mass is 35.5. The Bertz CT molecular complexity index is 950. The Balaban J connectivity index is 1.87. The molecular weight excluding hydrogens is 334 g/mol. The van der Waals surface area contributed by atoms with Crippen LogP contribution in [0.4, 0.5) is 11.5 Å². The van der Waals surface area contributed by atoms with Gasteiger partial charge in [0, 0.05) is 10.6 Å². The molecule has 1 aromatic carbocycles. The molecule has 23 heavy (non-hydrogen) atoms. The standard InChI is InChI=1S/C15H10ClN5OS/c16-8-1-3-9(4-2-8)21-7-18-5-10-11-13(17)19-6-20-14(11)23-12(10)15(21)22/h1-4,6-7H,5H2,(H2,17,19,20). The van der Waals surface area contributed by atoms with E-state index in [-0.39, 0.29) is 5.91 Å². The van der Waals surface area contributed by atoms with E-state index < -0.39 is 0 Å². The fourth-order valence-corrected chi connectivity index (χ4v) is 3.72. The molecule has 0 bridgehead atoms. The minimum atomic E-state index is -0.161. The summed E-state index contributed by atoms with van der Waals surface area (Å²) in [5.41, 5.74) is 7.43. The summed E-state index contributed by atoms with van der Waals surface area (Å²) in [6.45, 7) is 0.364. The number of amides is 1. The minimum absolute atomic E-state index is 0.161. The topological polar surface area (TPSA) is 84.5 Å². The number of nitrogens with two attached hydrogens (primary N) is 1. The number of carbonyl (C=O) groups excluding carboxylic acids is 1. The van der Waals surface area contributed by atoms with Gasteiger partial charge in [0.2, 0.25) is 0 Å². The monoisotopic (exact) mass is 343 g/mol. The number of hydrogen-bond donors (Lipinski definition) is 1. The van der Waals surface area contributed by atoms with Crippen molar-refractivity contribution in [1.29, 1.82) is 0 Å². The van der Waals surface area contributed by atoms with Crippen LogP contribution in [0.25, 0.3) is 10.2 Å². The van der Waals surface area contributed by atoms with Crippen LogP contribution in [0.3, 0.4) is 0 Å². The molecule has 1 amide bonds. The lowest BCUT2D eigenvalue weighted by Crippen LogP contribution is -2.28. The Morgan fingerprint density at radius 1 is 1.22 bits per heavy atom. The zero-order valence-corrected chi connectivity index (χ0v) is 13.3. The van der Waals surface area contributed by atoms with Crippen LogP contribution in [0.1, 0.15) is 15.2 Å². The number of carbonyl (C=O) groups is 1. The molecule has 0 aliphatic carbocycles. The highest BCUT2D eigenvalue weighted by Gasteiger charge is 2.27. The Hall–Kier alpha value is -2.51. The van der Waals surface area contributed by atoms with Crippen molar-refractivity contribution >= 4 is 56.9 Å².